The first-order valence-corrected chi connectivity index (χ1v) is 7.53. The average Bonchev–Trinajstić information content (AvgIpc) is 2.84. The van der Waals surface area contributed by atoms with Crippen LogP contribution in [-0.4, -0.2) is 34.6 Å². The Labute approximate surface area is 117 Å². The average molecular weight is 296 g/mol. The summed E-state index contributed by atoms with van der Waals surface area (Å²) in [7, 11) is -1.78. The molecule has 2 aromatic heterocycles. The summed E-state index contributed by atoms with van der Waals surface area (Å²) >= 11 is 0. The smallest absolute Gasteiger partial charge is 0.258 e. The summed E-state index contributed by atoms with van der Waals surface area (Å²) in [6, 6.07) is 2.90. The molecule has 0 saturated heterocycles. The van der Waals surface area contributed by atoms with E-state index in [4.69, 9.17) is 5.11 Å². The monoisotopic (exact) mass is 296 g/mol. The van der Waals surface area contributed by atoms with Crippen LogP contribution in [0.3, 0.4) is 0 Å². The Morgan fingerprint density at radius 2 is 2.15 bits per heavy atom. The van der Waals surface area contributed by atoms with E-state index in [-0.39, 0.29) is 18.2 Å². The minimum absolute atomic E-state index is 0.0606. The van der Waals surface area contributed by atoms with Crippen LogP contribution in [0.25, 0.3) is 0 Å². The van der Waals surface area contributed by atoms with E-state index in [0.29, 0.717) is 12.0 Å². The van der Waals surface area contributed by atoms with Gasteiger partial charge in [0.25, 0.3) is 10.0 Å². The summed E-state index contributed by atoms with van der Waals surface area (Å²) < 4.78 is 28.3. The molecule has 0 aromatic carbocycles. The molecule has 2 N–H and O–H groups in total. The van der Waals surface area contributed by atoms with Crippen molar-refractivity contribution >= 4 is 10.0 Å². The maximum atomic E-state index is 12.0. The van der Waals surface area contributed by atoms with Crippen molar-refractivity contribution in [2.45, 2.75) is 18.1 Å². The van der Waals surface area contributed by atoms with E-state index in [1.807, 2.05) is 11.6 Å². The van der Waals surface area contributed by atoms with Crippen molar-refractivity contribution in [2.75, 3.05) is 6.54 Å². The molecule has 0 radical (unpaired) electrons. The molecule has 0 saturated carbocycles. The molecule has 2 rings (SSSR count). The number of nitrogens with zero attached hydrogens (tertiary/aromatic N) is 3. The second kappa shape index (κ2) is 6.12. The molecule has 0 fully saturated rings. The summed E-state index contributed by atoms with van der Waals surface area (Å²) in [6.45, 7) is 0.0799. The summed E-state index contributed by atoms with van der Waals surface area (Å²) in [4.78, 5) is 7.94. The Morgan fingerprint density at radius 3 is 2.70 bits per heavy atom. The lowest BCUT2D eigenvalue weighted by atomic mass is 10.3. The Hall–Kier alpha value is -1.77. The first-order valence-electron chi connectivity index (χ1n) is 6.04. The number of rotatable bonds is 6. The van der Waals surface area contributed by atoms with E-state index in [0.717, 1.165) is 5.82 Å². The number of hydrogen-bond acceptors (Lipinski definition) is 5. The van der Waals surface area contributed by atoms with Gasteiger partial charge in [0.2, 0.25) is 0 Å². The molecule has 0 aliphatic carbocycles. The van der Waals surface area contributed by atoms with Crippen molar-refractivity contribution in [1.29, 1.82) is 0 Å². The zero-order chi connectivity index (χ0) is 14.6. The molecular formula is C12H16N4O3S. The third-order valence-corrected chi connectivity index (χ3v) is 4.19. The Bertz CT molecular complexity index is 664. The number of aliphatic hydroxyl groups excluding tert-OH is 1. The van der Waals surface area contributed by atoms with E-state index < -0.39 is 10.0 Å². The van der Waals surface area contributed by atoms with E-state index in [2.05, 4.69) is 14.7 Å². The van der Waals surface area contributed by atoms with Gasteiger partial charge in [0.1, 0.15) is 5.82 Å². The molecule has 0 aliphatic heterocycles. The van der Waals surface area contributed by atoms with Crippen LogP contribution in [0.5, 0.6) is 0 Å². The van der Waals surface area contributed by atoms with Crippen LogP contribution in [0.4, 0.5) is 0 Å². The number of imidazole rings is 1. The lowest BCUT2D eigenvalue weighted by Gasteiger charge is -2.06. The van der Waals surface area contributed by atoms with Crippen molar-refractivity contribution in [3.05, 3.63) is 42.1 Å². The summed E-state index contributed by atoms with van der Waals surface area (Å²) in [5.41, 5.74) is 0.567. The largest absolute Gasteiger partial charge is 0.392 e. The number of sulfonamides is 1. The maximum Gasteiger partial charge on any atom is 0.258 e. The third kappa shape index (κ3) is 3.41. The fourth-order valence-corrected chi connectivity index (χ4v) is 2.63. The number of hydrogen-bond donors (Lipinski definition) is 2. The van der Waals surface area contributed by atoms with Gasteiger partial charge in [-0.1, -0.05) is 6.07 Å². The van der Waals surface area contributed by atoms with Crippen molar-refractivity contribution in [3.63, 3.8) is 0 Å². The number of aromatic nitrogens is 3. The van der Waals surface area contributed by atoms with Crippen LogP contribution in [0.1, 0.15) is 11.4 Å². The molecule has 0 aliphatic rings. The standard InChI is InChI=1S/C12H16N4O3S/c1-16-7-6-13-11(16)4-5-15-20(18,19)12-3-2-10(9-17)8-14-12/h2-3,6-8,15,17H,4-5,9H2,1H3. The van der Waals surface area contributed by atoms with Crippen LogP contribution in [0, 0.1) is 0 Å². The Kier molecular flexibility index (Phi) is 4.48. The van der Waals surface area contributed by atoms with Gasteiger partial charge in [-0.15, -0.1) is 0 Å². The van der Waals surface area contributed by atoms with Crippen molar-refractivity contribution < 1.29 is 13.5 Å². The second-order valence-electron chi connectivity index (χ2n) is 4.26. The highest BCUT2D eigenvalue weighted by atomic mass is 32.2. The summed E-state index contributed by atoms with van der Waals surface area (Å²) in [6.07, 6.45) is 5.31. The number of aryl methyl sites for hydroxylation is 1. The van der Waals surface area contributed by atoms with Gasteiger partial charge in [-0.3, -0.25) is 0 Å². The number of pyridine rings is 1. The van der Waals surface area contributed by atoms with E-state index in [9.17, 15) is 8.42 Å². The molecule has 20 heavy (non-hydrogen) atoms. The zero-order valence-corrected chi connectivity index (χ0v) is 11.8. The second-order valence-corrected chi connectivity index (χ2v) is 5.98. The lowest BCUT2D eigenvalue weighted by Crippen LogP contribution is -2.27. The fraction of sp³-hybridized carbons (Fsp3) is 0.333. The van der Waals surface area contributed by atoms with Gasteiger partial charge >= 0.3 is 0 Å². The van der Waals surface area contributed by atoms with E-state index in [1.54, 1.807) is 12.4 Å². The highest BCUT2D eigenvalue weighted by molar-refractivity contribution is 7.89. The van der Waals surface area contributed by atoms with Crippen molar-refractivity contribution in [2.24, 2.45) is 7.05 Å². The van der Waals surface area contributed by atoms with Crippen LogP contribution in [0.15, 0.2) is 35.7 Å². The van der Waals surface area contributed by atoms with E-state index >= 15 is 0 Å². The van der Waals surface area contributed by atoms with Gasteiger partial charge in [-0.25, -0.2) is 23.1 Å². The lowest BCUT2D eigenvalue weighted by molar-refractivity contribution is 0.281. The molecular weight excluding hydrogens is 280 g/mol. The predicted octanol–water partition coefficient (Wildman–Crippen LogP) is -0.172. The van der Waals surface area contributed by atoms with Crippen LogP contribution >= 0.6 is 0 Å². The molecule has 0 amide bonds. The first kappa shape index (κ1) is 14.6. The molecule has 0 bridgehead atoms. The molecule has 8 heteroatoms. The molecule has 2 heterocycles. The van der Waals surface area contributed by atoms with Gasteiger partial charge in [0, 0.05) is 38.6 Å². The minimum Gasteiger partial charge on any atom is -0.392 e. The highest BCUT2D eigenvalue weighted by Crippen LogP contribution is 2.06. The molecule has 0 atom stereocenters. The number of aliphatic hydroxyl groups is 1. The topological polar surface area (TPSA) is 97.1 Å². The van der Waals surface area contributed by atoms with E-state index in [1.165, 1.54) is 18.3 Å². The Balaban J connectivity index is 1.98. The van der Waals surface area contributed by atoms with Crippen molar-refractivity contribution in [1.82, 2.24) is 19.3 Å². The fourth-order valence-electron chi connectivity index (χ4n) is 1.67. The minimum atomic E-state index is -3.63. The SMILES string of the molecule is Cn1ccnc1CCNS(=O)(=O)c1ccc(CO)cn1. The maximum absolute atomic E-state index is 12.0. The third-order valence-electron chi connectivity index (χ3n) is 2.82. The first-order chi connectivity index (χ1) is 9.53. The normalized spacial score (nSPS) is 11.7. The highest BCUT2D eigenvalue weighted by Gasteiger charge is 2.15. The Morgan fingerprint density at radius 1 is 1.35 bits per heavy atom. The summed E-state index contributed by atoms with van der Waals surface area (Å²) in [5.74, 6) is 0.802. The van der Waals surface area contributed by atoms with Crippen LogP contribution < -0.4 is 4.72 Å². The van der Waals surface area contributed by atoms with Gasteiger partial charge in [0.15, 0.2) is 5.03 Å². The molecule has 0 spiro atoms. The predicted molar refractivity (Wildman–Crippen MR) is 72.3 cm³/mol. The molecule has 0 unspecified atom stereocenters. The van der Waals surface area contributed by atoms with Gasteiger partial charge in [0.05, 0.1) is 6.61 Å². The molecule has 7 nitrogen and oxygen atoms in total. The summed E-state index contributed by atoms with van der Waals surface area (Å²) in [5, 5.41) is 8.83. The molecule has 2 aromatic rings. The van der Waals surface area contributed by atoms with Crippen molar-refractivity contribution in [3.8, 4) is 0 Å². The zero-order valence-electron chi connectivity index (χ0n) is 11.0. The number of nitrogens with one attached hydrogen (secondary N) is 1. The molecule has 108 valence electrons. The van der Waals surface area contributed by atoms with Gasteiger partial charge in [-0.2, -0.15) is 0 Å². The quantitative estimate of drug-likeness (QED) is 0.771. The van der Waals surface area contributed by atoms with Gasteiger partial charge < -0.3 is 9.67 Å². The van der Waals surface area contributed by atoms with Crippen LogP contribution in [0.2, 0.25) is 0 Å². The van der Waals surface area contributed by atoms with Crippen LogP contribution in [-0.2, 0) is 30.1 Å². The van der Waals surface area contributed by atoms with Gasteiger partial charge in [-0.05, 0) is 11.6 Å².